The Labute approximate surface area is 199 Å². The van der Waals surface area contributed by atoms with Gasteiger partial charge in [-0.25, -0.2) is 13.2 Å². The van der Waals surface area contributed by atoms with E-state index in [1.54, 1.807) is 24.3 Å². The first-order chi connectivity index (χ1) is 14.6. The summed E-state index contributed by atoms with van der Waals surface area (Å²) in [5.41, 5.74) is 7.00. The number of carbonyl (C=O) groups is 2. The number of nitrogens with two attached hydrogens (primary N) is 1. The SMILES string of the molecule is Cl.N[C@H]1CSc2cc(F)c(C(=O)CC3CC(F)(F)C3)cc2N(Cc2ccc(Cl)cc2)C1=O. The number of hydrogen-bond acceptors (Lipinski definition) is 4. The predicted octanol–water partition coefficient (Wildman–Crippen LogP) is 5.49. The molecule has 32 heavy (non-hydrogen) atoms. The fourth-order valence-corrected chi connectivity index (χ4v) is 5.02. The summed E-state index contributed by atoms with van der Waals surface area (Å²) in [5.74, 6) is -4.55. The van der Waals surface area contributed by atoms with Gasteiger partial charge in [-0.1, -0.05) is 23.7 Å². The fourth-order valence-electron chi connectivity index (χ4n) is 3.89. The van der Waals surface area contributed by atoms with Crippen LogP contribution in [0.15, 0.2) is 41.3 Å². The number of carbonyl (C=O) groups excluding carboxylic acids is 2. The first-order valence-electron chi connectivity index (χ1n) is 9.82. The third-order valence-corrected chi connectivity index (χ3v) is 6.96. The fraction of sp³-hybridized carbons (Fsp3) is 0.364. The molecule has 172 valence electrons. The zero-order valence-electron chi connectivity index (χ0n) is 16.8. The van der Waals surface area contributed by atoms with Gasteiger partial charge < -0.3 is 10.6 Å². The van der Waals surface area contributed by atoms with Crippen LogP contribution in [0, 0.1) is 11.7 Å². The lowest BCUT2D eigenvalue weighted by molar-refractivity contribution is -0.119. The predicted molar refractivity (Wildman–Crippen MR) is 122 cm³/mol. The number of rotatable bonds is 5. The maximum absolute atomic E-state index is 14.7. The van der Waals surface area contributed by atoms with Crippen LogP contribution in [-0.2, 0) is 11.3 Å². The maximum Gasteiger partial charge on any atom is 0.248 e. The average Bonchev–Trinajstić information content (AvgIpc) is 2.79. The van der Waals surface area contributed by atoms with E-state index in [2.05, 4.69) is 0 Å². The highest BCUT2D eigenvalue weighted by Crippen LogP contribution is 2.45. The molecule has 0 bridgehead atoms. The molecule has 4 nitrogen and oxygen atoms in total. The topological polar surface area (TPSA) is 63.4 Å². The Kier molecular flexibility index (Phi) is 7.49. The largest absolute Gasteiger partial charge is 0.319 e. The van der Waals surface area contributed by atoms with E-state index >= 15 is 0 Å². The first-order valence-corrected chi connectivity index (χ1v) is 11.2. The summed E-state index contributed by atoms with van der Waals surface area (Å²) in [6.45, 7) is 0.172. The Balaban J connectivity index is 0.00000289. The Morgan fingerprint density at radius 2 is 1.88 bits per heavy atom. The van der Waals surface area contributed by atoms with Crippen LogP contribution in [0.4, 0.5) is 18.9 Å². The van der Waals surface area contributed by atoms with Crippen molar-refractivity contribution in [2.75, 3.05) is 10.7 Å². The van der Waals surface area contributed by atoms with Crippen LogP contribution in [0.3, 0.4) is 0 Å². The van der Waals surface area contributed by atoms with E-state index in [0.717, 1.165) is 5.56 Å². The number of amides is 1. The minimum atomic E-state index is -2.74. The molecule has 0 unspecified atom stereocenters. The summed E-state index contributed by atoms with van der Waals surface area (Å²) >= 11 is 7.18. The highest BCUT2D eigenvalue weighted by atomic mass is 35.5. The molecule has 0 radical (unpaired) electrons. The van der Waals surface area contributed by atoms with Crippen LogP contribution in [0.5, 0.6) is 0 Å². The molecule has 1 aliphatic carbocycles. The van der Waals surface area contributed by atoms with Crippen molar-refractivity contribution in [2.45, 2.75) is 42.7 Å². The molecule has 1 amide bonds. The molecule has 10 heteroatoms. The molecule has 1 fully saturated rings. The van der Waals surface area contributed by atoms with Crippen molar-refractivity contribution < 1.29 is 22.8 Å². The second-order valence-electron chi connectivity index (χ2n) is 8.03. The number of halogens is 5. The molecule has 0 saturated heterocycles. The Hall–Kier alpha value is -1.74. The lowest BCUT2D eigenvalue weighted by Gasteiger charge is -2.34. The molecule has 2 aromatic carbocycles. The van der Waals surface area contributed by atoms with E-state index in [1.807, 2.05) is 0 Å². The maximum atomic E-state index is 14.7. The van der Waals surface area contributed by atoms with Crippen molar-refractivity contribution in [1.82, 2.24) is 0 Å². The Morgan fingerprint density at radius 3 is 2.50 bits per heavy atom. The number of anilines is 1. The van der Waals surface area contributed by atoms with Gasteiger partial charge in [-0.3, -0.25) is 9.59 Å². The van der Waals surface area contributed by atoms with Gasteiger partial charge >= 0.3 is 0 Å². The van der Waals surface area contributed by atoms with Gasteiger partial charge in [-0.05, 0) is 35.7 Å². The van der Waals surface area contributed by atoms with Crippen molar-refractivity contribution in [3.63, 3.8) is 0 Å². The van der Waals surface area contributed by atoms with Gasteiger partial charge in [0.2, 0.25) is 11.8 Å². The molecule has 0 spiro atoms. The molecular weight excluding hydrogens is 484 g/mol. The van der Waals surface area contributed by atoms with E-state index in [1.165, 1.54) is 28.8 Å². The van der Waals surface area contributed by atoms with Gasteiger partial charge in [0.1, 0.15) is 5.82 Å². The van der Waals surface area contributed by atoms with Gasteiger partial charge in [-0.15, -0.1) is 24.2 Å². The Bertz CT molecular complexity index is 1030. The van der Waals surface area contributed by atoms with Crippen LogP contribution >= 0.6 is 35.8 Å². The zero-order valence-corrected chi connectivity index (χ0v) is 19.2. The van der Waals surface area contributed by atoms with Crippen molar-refractivity contribution in [3.8, 4) is 0 Å². The van der Waals surface area contributed by atoms with Crippen LogP contribution in [0.2, 0.25) is 5.02 Å². The van der Waals surface area contributed by atoms with Crippen LogP contribution in [-0.4, -0.2) is 29.4 Å². The van der Waals surface area contributed by atoms with Crippen LogP contribution < -0.4 is 10.6 Å². The van der Waals surface area contributed by atoms with E-state index in [4.69, 9.17) is 17.3 Å². The monoisotopic (exact) mass is 504 g/mol. The standard InChI is InChI=1S/C22H20ClF3N2O2S.ClH/c23-14-3-1-12(2-4-14)10-28-18-6-15(19(29)5-13-8-22(25,26)9-13)16(24)7-20(18)31-11-17(27)21(28)30;/h1-4,6-7,13,17H,5,8-11,27H2;1H/t17-;/m0./s1. The smallest absolute Gasteiger partial charge is 0.248 e. The lowest BCUT2D eigenvalue weighted by Crippen LogP contribution is -2.44. The lowest BCUT2D eigenvalue weighted by atomic mass is 9.77. The number of benzene rings is 2. The molecule has 1 saturated carbocycles. The van der Waals surface area contributed by atoms with Crippen LogP contribution in [0.1, 0.15) is 35.2 Å². The number of ketones is 1. The first kappa shape index (κ1) is 24.9. The molecule has 2 N–H and O–H groups in total. The number of alkyl halides is 2. The van der Waals surface area contributed by atoms with E-state index in [9.17, 15) is 22.8 Å². The van der Waals surface area contributed by atoms with Gasteiger partial charge in [-0.2, -0.15) is 0 Å². The molecule has 1 aliphatic heterocycles. The zero-order chi connectivity index (χ0) is 22.3. The number of thioether (sulfide) groups is 1. The minimum Gasteiger partial charge on any atom is -0.319 e. The number of fused-ring (bicyclic) bond motifs is 1. The van der Waals surface area contributed by atoms with E-state index in [-0.39, 0.29) is 55.4 Å². The molecule has 4 rings (SSSR count). The summed E-state index contributed by atoms with van der Waals surface area (Å²) in [4.78, 5) is 27.6. The third-order valence-electron chi connectivity index (χ3n) is 5.54. The van der Waals surface area contributed by atoms with Crippen LogP contribution in [0.25, 0.3) is 0 Å². The highest BCUT2D eigenvalue weighted by Gasteiger charge is 2.46. The molecule has 0 aromatic heterocycles. The number of hydrogen-bond donors (Lipinski definition) is 1. The van der Waals surface area contributed by atoms with Gasteiger partial charge in [0.25, 0.3) is 0 Å². The normalized spacial score (nSPS) is 20.1. The summed E-state index contributed by atoms with van der Waals surface area (Å²) in [6, 6.07) is 8.72. The number of nitrogens with zero attached hydrogens (tertiary/aromatic N) is 1. The second-order valence-corrected chi connectivity index (χ2v) is 9.52. The summed E-state index contributed by atoms with van der Waals surface area (Å²) in [5, 5.41) is 0.551. The Morgan fingerprint density at radius 1 is 1.22 bits per heavy atom. The summed E-state index contributed by atoms with van der Waals surface area (Å²) in [6.07, 6.45) is -0.878. The van der Waals surface area contributed by atoms with Gasteiger partial charge in [0.15, 0.2) is 5.78 Å². The molecule has 1 heterocycles. The minimum absolute atomic E-state index is 0. The highest BCUT2D eigenvalue weighted by molar-refractivity contribution is 7.99. The molecule has 2 aliphatic rings. The van der Waals surface area contributed by atoms with Crippen molar-refractivity contribution >= 4 is 53.1 Å². The van der Waals surface area contributed by atoms with Gasteiger partial charge in [0.05, 0.1) is 23.8 Å². The van der Waals surface area contributed by atoms with E-state index in [0.29, 0.717) is 15.6 Å². The van der Waals surface area contributed by atoms with Gasteiger partial charge in [0, 0.05) is 34.9 Å². The summed E-state index contributed by atoms with van der Waals surface area (Å²) in [7, 11) is 0. The second kappa shape index (κ2) is 9.63. The van der Waals surface area contributed by atoms with Crippen molar-refractivity contribution in [1.29, 1.82) is 0 Å². The quantitative estimate of drug-likeness (QED) is 0.547. The third kappa shape index (κ3) is 5.25. The van der Waals surface area contributed by atoms with E-state index < -0.39 is 29.5 Å². The average molecular weight is 505 g/mol. The van der Waals surface area contributed by atoms with Crippen molar-refractivity contribution in [2.24, 2.45) is 11.7 Å². The molecular formula is C22H21Cl2F3N2O2S. The molecule has 2 aromatic rings. The van der Waals surface area contributed by atoms with Crippen molar-refractivity contribution in [3.05, 3.63) is 58.4 Å². The molecule has 1 atom stereocenters. The number of Topliss-reactive ketones (excluding diaryl/α,β-unsaturated/α-hetero) is 1. The summed E-state index contributed by atoms with van der Waals surface area (Å²) < 4.78 is 40.9.